The van der Waals surface area contributed by atoms with Crippen LogP contribution in [0.3, 0.4) is 0 Å². The molecule has 1 amide bonds. The minimum Gasteiger partial charge on any atom is -0.497 e. The van der Waals surface area contributed by atoms with E-state index in [-0.39, 0.29) is 12.5 Å². The summed E-state index contributed by atoms with van der Waals surface area (Å²) >= 11 is 1.81. The number of ether oxygens (including phenoxy) is 2. The summed E-state index contributed by atoms with van der Waals surface area (Å²) in [5.74, 6) is 2.04. The van der Waals surface area contributed by atoms with Gasteiger partial charge >= 0.3 is 0 Å². The fourth-order valence-corrected chi connectivity index (χ4v) is 3.76. The average Bonchev–Trinajstić information content (AvgIpc) is 3.14. The zero-order valence-electron chi connectivity index (χ0n) is 13.2. The van der Waals surface area contributed by atoms with E-state index in [0.717, 1.165) is 31.7 Å². The molecule has 0 spiro atoms. The minimum absolute atomic E-state index is 0.0532. The van der Waals surface area contributed by atoms with Crippen LogP contribution in [0.2, 0.25) is 0 Å². The largest absolute Gasteiger partial charge is 0.497 e. The molecule has 1 aliphatic rings. The molecule has 1 aromatic carbocycles. The van der Waals surface area contributed by atoms with Crippen LogP contribution in [0.5, 0.6) is 11.5 Å². The fourth-order valence-electron chi connectivity index (χ4n) is 2.86. The highest BCUT2D eigenvalue weighted by molar-refractivity contribution is 7.10. The van der Waals surface area contributed by atoms with Crippen LogP contribution in [-0.2, 0) is 4.79 Å². The van der Waals surface area contributed by atoms with Gasteiger partial charge in [0.15, 0.2) is 6.61 Å². The summed E-state index contributed by atoms with van der Waals surface area (Å²) in [4.78, 5) is 15.6. The van der Waals surface area contributed by atoms with Crippen molar-refractivity contribution in [1.82, 2.24) is 4.90 Å². The Morgan fingerprint density at radius 1 is 1.22 bits per heavy atom. The van der Waals surface area contributed by atoms with Crippen molar-refractivity contribution >= 4 is 17.2 Å². The number of carbonyl (C=O) groups excluding carboxylic acids is 1. The van der Waals surface area contributed by atoms with Crippen LogP contribution in [0, 0.1) is 0 Å². The second-order valence-corrected chi connectivity index (χ2v) is 6.62. The maximum absolute atomic E-state index is 12.3. The Labute approximate surface area is 140 Å². The van der Waals surface area contributed by atoms with E-state index in [1.807, 2.05) is 34.4 Å². The van der Waals surface area contributed by atoms with Crippen LogP contribution < -0.4 is 9.47 Å². The zero-order chi connectivity index (χ0) is 16.1. The molecule has 2 heterocycles. The third-order valence-electron chi connectivity index (χ3n) is 4.20. The van der Waals surface area contributed by atoms with E-state index in [1.165, 1.54) is 4.88 Å². The number of thiophene rings is 1. The molecule has 0 bridgehead atoms. The molecule has 1 saturated heterocycles. The van der Waals surface area contributed by atoms with Gasteiger partial charge in [-0.25, -0.2) is 0 Å². The quantitative estimate of drug-likeness (QED) is 0.841. The first-order valence-electron chi connectivity index (χ1n) is 7.84. The summed E-state index contributed by atoms with van der Waals surface area (Å²) < 4.78 is 10.7. The lowest BCUT2D eigenvalue weighted by molar-refractivity contribution is -0.134. The van der Waals surface area contributed by atoms with Gasteiger partial charge in [0.1, 0.15) is 11.5 Å². The molecule has 23 heavy (non-hydrogen) atoms. The Morgan fingerprint density at radius 2 is 2.00 bits per heavy atom. The third-order valence-corrected chi connectivity index (χ3v) is 5.23. The number of hydrogen-bond donors (Lipinski definition) is 0. The Morgan fingerprint density at radius 3 is 2.70 bits per heavy atom. The summed E-state index contributed by atoms with van der Waals surface area (Å²) in [5.41, 5.74) is 0. The lowest BCUT2D eigenvalue weighted by atomic mass is 9.95. The highest BCUT2D eigenvalue weighted by atomic mass is 32.1. The number of piperidine rings is 1. The van der Waals surface area contributed by atoms with Gasteiger partial charge in [0.25, 0.3) is 5.91 Å². The molecule has 1 aliphatic heterocycles. The SMILES string of the molecule is COc1cccc(OCC(=O)N2CCC(c3cccs3)CC2)c1. The molecule has 0 unspecified atom stereocenters. The maximum atomic E-state index is 12.3. The predicted molar refractivity (Wildman–Crippen MR) is 91.4 cm³/mol. The monoisotopic (exact) mass is 331 g/mol. The van der Waals surface area contributed by atoms with Gasteiger partial charge in [0.2, 0.25) is 0 Å². The van der Waals surface area contributed by atoms with Gasteiger partial charge in [-0.05, 0) is 42.3 Å². The van der Waals surface area contributed by atoms with E-state index in [1.54, 1.807) is 13.2 Å². The smallest absolute Gasteiger partial charge is 0.260 e. The van der Waals surface area contributed by atoms with Crippen LogP contribution in [0.25, 0.3) is 0 Å². The van der Waals surface area contributed by atoms with Crippen molar-refractivity contribution in [3.05, 3.63) is 46.7 Å². The van der Waals surface area contributed by atoms with Gasteiger partial charge in [0, 0.05) is 24.0 Å². The number of carbonyl (C=O) groups is 1. The van der Waals surface area contributed by atoms with Gasteiger partial charge in [-0.2, -0.15) is 0 Å². The predicted octanol–water partition coefficient (Wildman–Crippen LogP) is 3.54. The highest BCUT2D eigenvalue weighted by Crippen LogP contribution is 2.31. The van der Waals surface area contributed by atoms with E-state index >= 15 is 0 Å². The molecule has 2 aromatic rings. The topological polar surface area (TPSA) is 38.8 Å². The van der Waals surface area contributed by atoms with Crippen molar-refractivity contribution < 1.29 is 14.3 Å². The molecular weight excluding hydrogens is 310 g/mol. The minimum atomic E-state index is 0.0532. The number of amides is 1. The normalized spacial score (nSPS) is 15.4. The number of rotatable bonds is 5. The number of methoxy groups -OCH3 is 1. The van der Waals surface area contributed by atoms with E-state index < -0.39 is 0 Å². The van der Waals surface area contributed by atoms with E-state index in [4.69, 9.17) is 9.47 Å². The highest BCUT2D eigenvalue weighted by Gasteiger charge is 2.24. The summed E-state index contributed by atoms with van der Waals surface area (Å²) in [7, 11) is 1.61. The molecule has 0 N–H and O–H groups in total. The van der Waals surface area contributed by atoms with Gasteiger partial charge in [-0.1, -0.05) is 12.1 Å². The Bertz CT molecular complexity index is 633. The maximum Gasteiger partial charge on any atom is 0.260 e. The number of nitrogens with zero attached hydrogens (tertiary/aromatic N) is 1. The Kier molecular flexibility index (Phi) is 5.18. The second kappa shape index (κ2) is 7.51. The van der Waals surface area contributed by atoms with Crippen LogP contribution in [0.15, 0.2) is 41.8 Å². The van der Waals surface area contributed by atoms with Gasteiger partial charge < -0.3 is 14.4 Å². The number of benzene rings is 1. The fraction of sp³-hybridized carbons (Fsp3) is 0.389. The third kappa shape index (κ3) is 4.05. The second-order valence-electron chi connectivity index (χ2n) is 5.64. The van der Waals surface area contributed by atoms with Crippen molar-refractivity contribution in [2.75, 3.05) is 26.8 Å². The first-order chi connectivity index (χ1) is 11.3. The van der Waals surface area contributed by atoms with E-state index in [2.05, 4.69) is 17.5 Å². The summed E-state index contributed by atoms with van der Waals surface area (Å²) in [6, 6.07) is 11.6. The molecule has 4 nitrogen and oxygen atoms in total. The van der Waals surface area contributed by atoms with Crippen molar-refractivity contribution in [2.24, 2.45) is 0 Å². The molecule has 0 saturated carbocycles. The standard InChI is InChI=1S/C18H21NO3S/c1-21-15-4-2-5-16(12-15)22-13-18(20)19-9-7-14(8-10-19)17-6-3-11-23-17/h2-6,11-12,14H,7-10,13H2,1H3. The first kappa shape index (κ1) is 15.9. The van der Waals surface area contributed by atoms with Gasteiger partial charge in [-0.3, -0.25) is 4.79 Å². The van der Waals surface area contributed by atoms with Crippen molar-refractivity contribution in [2.45, 2.75) is 18.8 Å². The molecule has 1 fully saturated rings. The van der Waals surface area contributed by atoms with Crippen LogP contribution in [-0.4, -0.2) is 37.6 Å². The number of likely N-dealkylation sites (tertiary alicyclic amines) is 1. The first-order valence-corrected chi connectivity index (χ1v) is 8.72. The van der Waals surface area contributed by atoms with E-state index in [0.29, 0.717) is 11.7 Å². The average molecular weight is 331 g/mol. The molecular formula is C18H21NO3S. The van der Waals surface area contributed by atoms with Gasteiger partial charge in [-0.15, -0.1) is 11.3 Å². The van der Waals surface area contributed by atoms with Crippen molar-refractivity contribution in [1.29, 1.82) is 0 Å². The molecule has 0 radical (unpaired) electrons. The van der Waals surface area contributed by atoms with Crippen molar-refractivity contribution in [3.8, 4) is 11.5 Å². The van der Waals surface area contributed by atoms with Gasteiger partial charge in [0.05, 0.1) is 7.11 Å². The molecule has 3 rings (SSSR count). The van der Waals surface area contributed by atoms with Crippen LogP contribution >= 0.6 is 11.3 Å². The molecule has 0 atom stereocenters. The van der Waals surface area contributed by atoms with E-state index in [9.17, 15) is 4.79 Å². The molecule has 1 aromatic heterocycles. The summed E-state index contributed by atoms with van der Waals surface area (Å²) in [6.07, 6.45) is 2.07. The summed E-state index contributed by atoms with van der Waals surface area (Å²) in [5, 5.41) is 2.12. The number of hydrogen-bond acceptors (Lipinski definition) is 4. The molecule has 0 aliphatic carbocycles. The Balaban J connectivity index is 1.48. The van der Waals surface area contributed by atoms with Crippen LogP contribution in [0.1, 0.15) is 23.6 Å². The zero-order valence-corrected chi connectivity index (χ0v) is 14.1. The lowest BCUT2D eigenvalue weighted by Crippen LogP contribution is -2.40. The molecule has 122 valence electrons. The molecule has 5 heteroatoms. The Hall–Kier alpha value is -2.01. The van der Waals surface area contributed by atoms with Crippen LogP contribution in [0.4, 0.5) is 0 Å². The summed E-state index contributed by atoms with van der Waals surface area (Å²) in [6.45, 7) is 1.70. The van der Waals surface area contributed by atoms with Crippen molar-refractivity contribution in [3.63, 3.8) is 0 Å². The lowest BCUT2D eigenvalue weighted by Gasteiger charge is -2.31.